The molecule has 7 nitrogen and oxygen atoms in total. The molecule has 1 unspecified atom stereocenters. The average Bonchev–Trinajstić information content (AvgIpc) is 3.18. The first-order chi connectivity index (χ1) is 11.9. The van der Waals surface area contributed by atoms with Gasteiger partial charge in [-0.3, -0.25) is 4.99 Å². The van der Waals surface area contributed by atoms with Crippen LogP contribution in [0.25, 0.3) is 11.5 Å². The van der Waals surface area contributed by atoms with Crippen LogP contribution in [-0.2, 0) is 16.4 Å². The molecule has 1 fully saturated rings. The Morgan fingerprint density at radius 3 is 2.69 bits per heavy atom. The number of aromatic nitrogens is 1. The Morgan fingerprint density at radius 2 is 2.08 bits per heavy atom. The molecule has 2 aromatic rings. The third kappa shape index (κ3) is 5.44. The lowest BCUT2D eigenvalue weighted by molar-refractivity contribution is 0.572. The fourth-order valence-electron chi connectivity index (χ4n) is 2.69. The monoisotopic (exact) mass is 490 g/mol. The van der Waals surface area contributed by atoms with Gasteiger partial charge in [-0.2, -0.15) is 0 Å². The second kappa shape index (κ2) is 8.85. The maximum atomic E-state index is 11.5. The summed E-state index contributed by atoms with van der Waals surface area (Å²) in [6.07, 6.45) is 2.21. The van der Waals surface area contributed by atoms with Crippen molar-refractivity contribution in [2.45, 2.75) is 25.9 Å². The number of sulfone groups is 1. The number of rotatable bonds is 4. The zero-order valence-corrected chi connectivity index (χ0v) is 17.9. The summed E-state index contributed by atoms with van der Waals surface area (Å²) in [5.74, 6) is 1.50. The second-order valence-electron chi connectivity index (χ2n) is 6.18. The first-order valence-electron chi connectivity index (χ1n) is 8.14. The lowest BCUT2D eigenvalue weighted by atomic mass is 10.1. The van der Waals surface area contributed by atoms with E-state index in [2.05, 4.69) is 20.6 Å². The van der Waals surface area contributed by atoms with Gasteiger partial charge in [0.25, 0.3) is 0 Å². The highest BCUT2D eigenvalue weighted by molar-refractivity contribution is 14.0. The van der Waals surface area contributed by atoms with Crippen LogP contribution in [0.3, 0.4) is 0 Å². The molecule has 0 bridgehead atoms. The Bertz CT molecular complexity index is 862. The summed E-state index contributed by atoms with van der Waals surface area (Å²) in [4.78, 5) is 8.59. The molecule has 9 heteroatoms. The molecule has 0 aliphatic carbocycles. The molecule has 1 aromatic carbocycles. The smallest absolute Gasteiger partial charge is 0.226 e. The van der Waals surface area contributed by atoms with Crippen LogP contribution in [0.15, 0.2) is 39.9 Å². The molecule has 2 heterocycles. The Hall–Kier alpha value is -1.62. The number of hydrogen-bond donors (Lipinski definition) is 2. The molecule has 26 heavy (non-hydrogen) atoms. The zero-order valence-electron chi connectivity index (χ0n) is 14.7. The zero-order chi connectivity index (χ0) is 17.9. The largest absolute Gasteiger partial charge is 0.444 e. The molecule has 0 saturated carbocycles. The van der Waals surface area contributed by atoms with Gasteiger partial charge < -0.3 is 15.1 Å². The van der Waals surface area contributed by atoms with Crippen LogP contribution in [-0.4, -0.2) is 44.0 Å². The van der Waals surface area contributed by atoms with Crippen molar-refractivity contribution >= 4 is 39.8 Å². The van der Waals surface area contributed by atoms with Crippen molar-refractivity contribution in [1.29, 1.82) is 0 Å². The first-order valence-corrected chi connectivity index (χ1v) is 9.96. The van der Waals surface area contributed by atoms with E-state index in [1.54, 1.807) is 13.3 Å². The number of nitrogens with zero attached hydrogens (tertiary/aromatic N) is 2. The van der Waals surface area contributed by atoms with Gasteiger partial charge in [-0.15, -0.1) is 24.0 Å². The van der Waals surface area contributed by atoms with Crippen LogP contribution in [0.4, 0.5) is 0 Å². The molecule has 1 saturated heterocycles. The fourth-order valence-corrected chi connectivity index (χ4v) is 4.36. The van der Waals surface area contributed by atoms with Gasteiger partial charge in [0.05, 0.1) is 23.7 Å². The summed E-state index contributed by atoms with van der Waals surface area (Å²) in [7, 11) is -1.27. The molecule has 0 spiro atoms. The Morgan fingerprint density at radius 1 is 1.35 bits per heavy atom. The number of aliphatic imine (C=N–C) groups is 1. The molecule has 1 aliphatic heterocycles. The number of benzene rings is 1. The van der Waals surface area contributed by atoms with Gasteiger partial charge in [-0.1, -0.05) is 17.7 Å². The van der Waals surface area contributed by atoms with Crippen LogP contribution in [0, 0.1) is 6.92 Å². The number of aryl methyl sites for hydroxylation is 1. The van der Waals surface area contributed by atoms with E-state index >= 15 is 0 Å². The minimum atomic E-state index is -2.92. The topological polar surface area (TPSA) is 96.6 Å². The molecule has 3 rings (SSSR count). The van der Waals surface area contributed by atoms with Crippen molar-refractivity contribution in [3.8, 4) is 11.5 Å². The van der Waals surface area contributed by atoms with Crippen molar-refractivity contribution < 1.29 is 12.8 Å². The highest BCUT2D eigenvalue weighted by Gasteiger charge is 2.28. The minimum Gasteiger partial charge on any atom is -0.444 e. The van der Waals surface area contributed by atoms with E-state index < -0.39 is 9.84 Å². The van der Waals surface area contributed by atoms with Gasteiger partial charge in [0.15, 0.2) is 15.8 Å². The van der Waals surface area contributed by atoms with Crippen LogP contribution < -0.4 is 10.6 Å². The molecule has 1 atom stereocenters. The number of nitrogens with one attached hydrogen (secondary N) is 2. The van der Waals surface area contributed by atoms with E-state index in [4.69, 9.17) is 4.42 Å². The van der Waals surface area contributed by atoms with E-state index in [9.17, 15) is 8.42 Å². The molecule has 0 amide bonds. The molecule has 1 aliphatic rings. The van der Waals surface area contributed by atoms with Gasteiger partial charge in [-0.05, 0) is 25.5 Å². The number of oxazole rings is 1. The highest BCUT2D eigenvalue weighted by Crippen LogP contribution is 2.19. The summed E-state index contributed by atoms with van der Waals surface area (Å²) in [5.41, 5.74) is 2.86. The van der Waals surface area contributed by atoms with Crippen LogP contribution in [0.5, 0.6) is 0 Å². The van der Waals surface area contributed by atoms with Gasteiger partial charge in [-0.25, -0.2) is 13.4 Å². The Kier molecular flexibility index (Phi) is 7.04. The first kappa shape index (κ1) is 20.7. The molecular formula is C17H23IN4O3S. The van der Waals surface area contributed by atoms with E-state index in [0.29, 0.717) is 24.8 Å². The van der Waals surface area contributed by atoms with Gasteiger partial charge in [0.2, 0.25) is 5.89 Å². The SMILES string of the molecule is CN=C(NCc1coc(-c2ccc(C)cc2)n1)NC1CCS(=O)(=O)C1.I. The summed E-state index contributed by atoms with van der Waals surface area (Å²) < 4.78 is 28.6. The van der Waals surface area contributed by atoms with E-state index in [1.165, 1.54) is 5.56 Å². The third-order valence-electron chi connectivity index (χ3n) is 4.08. The van der Waals surface area contributed by atoms with E-state index in [1.807, 2.05) is 31.2 Å². The normalized spacial score (nSPS) is 19.0. The van der Waals surface area contributed by atoms with Gasteiger partial charge in [0, 0.05) is 18.7 Å². The van der Waals surface area contributed by atoms with E-state index in [0.717, 1.165) is 11.3 Å². The molecule has 142 valence electrons. The molecule has 0 radical (unpaired) electrons. The van der Waals surface area contributed by atoms with Gasteiger partial charge >= 0.3 is 0 Å². The molecular weight excluding hydrogens is 467 g/mol. The van der Waals surface area contributed by atoms with Crippen molar-refractivity contribution in [3.05, 3.63) is 41.8 Å². The molecule has 1 aromatic heterocycles. The van der Waals surface area contributed by atoms with Crippen molar-refractivity contribution in [2.75, 3.05) is 18.6 Å². The fraction of sp³-hybridized carbons (Fsp3) is 0.412. The average molecular weight is 490 g/mol. The summed E-state index contributed by atoms with van der Waals surface area (Å²) >= 11 is 0. The minimum absolute atomic E-state index is 0. The second-order valence-corrected chi connectivity index (χ2v) is 8.41. The molecule has 2 N–H and O–H groups in total. The number of hydrogen-bond acceptors (Lipinski definition) is 5. The lowest BCUT2D eigenvalue weighted by Gasteiger charge is -2.15. The number of halogens is 1. The predicted molar refractivity (Wildman–Crippen MR) is 112 cm³/mol. The predicted octanol–water partition coefficient (Wildman–Crippen LogP) is 2.12. The lowest BCUT2D eigenvalue weighted by Crippen LogP contribution is -2.43. The summed E-state index contributed by atoms with van der Waals surface area (Å²) in [5, 5.41) is 6.27. The summed E-state index contributed by atoms with van der Waals surface area (Å²) in [6.45, 7) is 2.47. The standard InChI is InChI=1S/C17H22N4O3S.HI/c1-12-3-5-13(6-4-12)16-20-15(10-24-16)9-19-17(18-2)21-14-7-8-25(22,23)11-14;/h3-6,10,14H,7-9,11H2,1-2H3,(H2,18,19,21);1H. The third-order valence-corrected chi connectivity index (χ3v) is 5.85. The number of guanidine groups is 1. The van der Waals surface area contributed by atoms with E-state index in [-0.39, 0.29) is 41.5 Å². The van der Waals surface area contributed by atoms with Crippen LogP contribution in [0.2, 0.25) is 0 Å². The Balaban J connectivity index is 0.00000243. The van der Waals surface area contributed by atoms with Crippen molar-refractivity contribution in [1.82, 2.24) is 15.6 Å². The maximum absolute atomic E-state index is 11.5. The van der Waals surface area contributed by atoms with Crippen LogP contribution >= 0.6 is 24.0 Å². The van der Waals surface area contributed by atoms with Crippen LogP contribution in [0.1, 0.15) is 17.7 Å². The Labute approximate surface area is 170 Å². The summed E-state index contributed by atoms with van der Waals surface area (Å²) in [6, 6.07) is 7.87. The highest BCUT2D eigenvalue weighted by atomic mass is 127. The quantitative estimate of drug-likeness (QED) is 0.387. The van der Waals surface area contributed by atoms with Crippen molar-refractivity contribution in [2.24, 2.45) is 4.99 Å². The maximum Gasteiger partial charge on any atom is 0.226 e. The van der Waals surface area contributed by atoms with Gasteiger partial charge in [0.1, 0.15) is 6.26 Å². The van der Waals surface area contributed by atoms with Crippen molar-refractivity contribution in [3.63, 3.8) is 0 Å².